The summed E-state index contributed by atoms with van der Waals surface area (Å²) in [4.78, 5) is 12.6. The third-order valence-electron chi connectivity index (χ3n) is 5.16. The lowest BCUT2D eigenvalue weighted by atomic mass is 9.99. The Bertz CT molecular complexity index is 937. The Morgan fingerprint density at radius 1 is 1.29 bits per heavy atom. The van der Waals surface area contributed by atoms with E-state index in [1.807, 2.05) is 6.07 Å². The monoisotopic (exact) mass is 443 g/mol. The summed E-state index contributed by atoms with van der Waals surface area (Å²) in [5, 5.41) is 6.96. The van der Waals surface area contributed by atoms with Crippen LogP contribution in [0.15, 0.2) is 24.3 Å². The molecule has 0 aliphatic carbocycles. The third kappa shape index (κ3) is 5.09. The second kappa shape index (κ2) is 9.13. The van der Waals surface area contributed by atoms with Crippen molar-refractivity contribution in [2.24, 2.45) is 0 Å². The van der Waals surface area contributed by atoms with Gasteiger partial charge < -0.3 is 19.5 Å². The number of benzene rings is 1. The van der Waals surface area contributed by atoms with E-state index in [4.69, 9.17) is 9.47 Å². The number of halogens is 4. The highest BCUT2D eigenvalue weighted by atomic mass is 19.3. The van der Waals surface area contributed by atoms with Crippen LogP contribution >= 0.6 is 0 Å². The van der Waals surface area contributed by atoms with E-state index in [0.29, 0.717) is 18.6 Å². The number of amides is 1. The lowest BCUT2D eigenvalue weighted by molar-refractivity contribution is -0.127. The maximum Gasteiger partial charge on any atom is 0.345 e. The molecule has 1 N–H and O–H groups in total. The Labute approximate surface area is 175 Å². The average Bonchev–Trinajstić information content (AvgIpc) is 3.17. The Morgan fingerprint density at radius 3 is 2.90 bits per heavy atom. The zero-order valence-electron chi connectivity index (χ0n) is 16.4. The summed E-state index contributed by atoms with van der Waals surface area (Å²) >= 11 is 0. The average molecular weight is 443 g/mol. The maximum atomic E-state index is 12.9. The van der Waals surface area contributed by atoms with Crippen molar-refractivity contribution in [3.63, 3.8) is 0 Å². The molecule has 0 saturated carbocycles. The molecule has 1 amide bonds. The highest BCUT2D eigenvalue weighted by Crippen LogP contribution is 2.27. The zero-order valence-corrected chi connectivity index (χ0v) is 16.4. The third-order valence-corrected chi connectivity index (χ3v) is 5.16. The second-order valence-corrected chi connectivity index (χ2v) is 7.38. The summed E-state index contributed by atoms with van der Waals surface area (Å²) < 4.78 is 66.5. The topological polar surface area (TPSA) is 74.6 Å². The minimum absolute atomic E-state index is 0.0774. The lowest BCUT2D eigenvalue weighted by Crippen LogP contribution is -2.43. The smallest absolute Gasteiger partial charge is 0.345 e. The highest BCUT2D eigenvalue weighted by Gasteiger charge is 2.30. The molecule has 0 fully saturated rings. The van der Waals surface area contributed by atoms with Crippen molar-refractivity contribution in [1.29, 1.82) is 0 Å². The number of nitrogens with one attached hydrogen (secondary N) is 1. The molecule has 2 atom stereocenters. The molecule has 31 heavy (non-hydrogen) atoms. The number of rotatable bonds is 7. The second-order valence-electron chi connectivity index (χ2n) is 7.38. The number of carbonyl (C=O) groups excluding carboxylic acids is 1. The van der Waals surface area contributed by atoms with Gasteiger partial charge in [-0.25, -0.2) is 13.5 Å². The van der Waals surface area contributed by atoms with Gasteiger partial charge in [-0.3, -0.25) is 4.79 Å². The molecule has 0 radical (unpaired) electrons. The van der Waals surface area contributed by atoms with Crippen LogP contribution < -0.4 is 14.8 Å². The first-order chi connectivity index (χ1) is 14.9. The summed E-state index contributed by atoms with van der Waals surface area (Å²) in [5.74, 6) is 0.355. The van der Waals surface area contributed by atoms with Crippen molar-refractivity contribution < 1.29 is 36.6 Å². The predicted molar refractivity (Wildman–Crippen MR) is 99.8 cm³/mol. The molecular weight excluding hydrogens is 422 g/mol. The molecule has 1 aromatic carbocycles. The van der Waals surface area contributed by atoms with Crippen molar-refractivity contribution >= 4 is 5.91 Å². The number of carbonyl (C=O) groups is 1. The van der Waals surface area contributed by atoms with Gasteiger partial charge in [0, 0.05) is 19.0 Å². The van der Waals surface area contributed by atoms with E-state index in [-0.39, 0.29) is 43.8 Å². The Hall–Kier alpha value is -2.82. The van der Waals surface area contributed by atoms with E-state index in [1.165, 1.54) is 10.7 Å². The van der Waals surface area contributed by atoms with Gasteiger partial charge in [-0.1, -0.05) is 12.1 Å². The lowest BCUT2D eigenvalue weighted by Gasteiger charge is -2.26. The number of ether oxygens (including phenoxy) is 3. The summed E-state index contributed by atoms with van der Waals surface area (Å²) in [5.41, 5.74) is 1.74. The van der Waals surface area contributed by atoms with Crippen molar-refractivity contribution in [1.82, 2.24) is 15.1 Å². The molecule has 3 heterocycles. The molecule has 168 valence electrons. The van der Waals surface area contributed by atoms with Crippen molar-refractivity contribution in [2.75, 3.05) is 13.2 Å². The Kier molecular flexibility index (Phi) is 6.30. The first-order valence-corrected chi connectivity index (χ1v) is 9.87. The summed E-state index contributed by atoms with van der Waals surface area (Å²) in [6.07, 6.45) is -2.88. The van der Waals surface area contributed by atoms with Crippen LogP contribution in [0.1, 0.15) is 28.0 Å². The molecule has 0 unspecified atom stereocenters. The van der Waals surface area contributed by atoms with Gasteiger partial charge in [0.05, 0.1) is 12.6 Å². The van der Waals surface area contributed by atoms with Gasteiger partial charge in [-0.05, 0) is 30.0 Å². The van der Waals surface area contributed by atoms with Crippen LogP contribution in [0.25, 0.3) is 0 Å². The van der Waals surface area contributed by atoms with Gasteiger partial charge in [0.15, 0.2) is 11.8 Å². The Balaban J connectivity index is 1.36. The minimum Gasteiger partial charge on any atom is -0.491 e. The molecule has 0 bridgehead atoms. The normalized spacial score (nSPS) is 20.1. The molecule has 11 heteroatoms. The van der Waals surface area contributed by atoms with Crippen LogP contribution in [0.4, 0.5) is 17.6 Å². The molecule has 2 aromatic rings. The summed E-state index contributed by atoms with van der Waals surface area (Å²) in [6, 6.07) is 6.42. The largest absolute Gasteiger partial charge is 0.491 e. The molecule has 2 aliphatic heterocycles. The molecule has 1 aromatic heterocycles. The number of nitrogens with zero attached hydrogens (tertiary/aromatic N) is 2. The number of hydrogen-bond acceptors (Lipinski definition) is 5. The molecule has 0 spiro atoms. The molecule has 4 rings (SSSR count). The fraction of sp³-hybridized carbons (Fsp3) is 0.500. The first-order valence-electron chi connectivity index (χ1n) is 9.87. The van der Waals surface area contributed by atoms with Gasteiger partial charge in [0.2, 0.25) is 5.88 Å². The highest BCUT2D eigenvalue weighted by molar-refractivity contribution is 5.92. The van der Waals surface area contributed by atoms with Gasteiger partial charge in [-0.15, -0.1) is 0 Å². The number of hydrogen-bond donors (Lipinski definition) is 1. The fourth-order valence-corrected chi connectivity index (χ4v) is 3.63. The van der Waals surface area contributed by atoms with Crippen LogP contribution in [0, 0.1) is 0 Å². The van der Waals surface area contributed by atoms with Gasteiger partial charge in [-0.2, -0.15) is 13.9 Å². The van der Waals surface area contributed by atoms with E-state index < -0.39 is 25.0 Å². The number of aromatic nitrogens is 2. The quantitative estimate of drug-likeness (QED) is 0.667. The first kappa shape index (κ1) is 21.4. The summed E-state index contributed by atoms with van der Waals surface area (Å²) in [6.45, 7) is -2.41. The fourth-order valence-electron chi connectivity index (χ4n) is 3.63. The van der Waals surface area contributed by atoms with E-state index in [0.717, 1.165) is 11.1 Å². The van der Waals surface area contributed by atoms with Crippen LogP contribution in [0.2, 0.25) is 0 Å². The van der Waals surface area contributed by atoms with Gasteiger partial charge in [0.25, 0.3) is 12.3 Å². The predicted octanol–water partition coefficient (Wildman–Crippen LogP) is 2.81. The van der Waals surface area contributed by atoms with Crippen LogP contribution in [0.3, 0.4) is 0 Å². The minimum atomic E-state index is -2.80. The molecule has 2 aliphatic rings. The van der Waals surface area contributed by atoms with Crippen LogP contribution in [0.5, 0.6) is 11.6 Å². The van der Waals surface area contributed by atoms with E-state index in [2.05, 4.69) is 15.2 Å². The SMILES string of the molecule is O=C(N[C@H]1COc2ccc(CCOC(F)F)cc2C1)c1cc2n(n1)CC[C@H](C(F)F)O2. The van der Waals surface area contributed by atoms with Crippen LogP contribution in [-0.2, 0) is 24.1 Å². The van der Waals surface area contributed by atoms with Crippen molar-refractivity contribution in [3.8, 4) is 11.6 Å². The number of fused-ring (bicyclic) bond motifs is 2. The van der Waals surface area contributed by atoms with Crippen LogP contribution in [-0.4, -0.2) is 54.1 Å². The number of alkyl halides is 4. The number of aryl methyl sites for hydroxylation is 1. The van der Waals surface area contributed by atoms with Gasteiger partial charge >= 0.3 is 6.61 Å². The maximum absolute atomic E-state index is 12.9. The van der Waals surface area contributed by atoms with E-state index in [1.54, 1.807) is 12.1 Å². The van der Waals surface area contributed by atoms with Crippen molar-refractivity contribution in [3.05, 3.63) is 41.1 Å². The zero-order chi connectivity index (χ0) is 22.0. The molecule has 7 nitrogen and oxygen atoms in total. The standard InChI is InChI=1S/C20H21F4N3O4/c21-18(22)16-3-5-27-17(31-16)9-14(26-27)19(28)25-13-8-12-7-11(4-6-29-20(23)24)1-2-15(12)30-10-13/h1-2,7,9,13,16,18,20H,3-6,8,10H2,(H,25,28)/t13-,16-/m1/s1. The van der Waals surface area contributed by atoms with E-state index >= 15 is 0 Å². The summed E-state index contributed by atoms with van der Waals surface area (Å²) in [7, 11) is 0. The Morgan fingerprint density at radius 2 is 2.13 bits per heavy atom. The van der Waals surface area contributed by atoms with E-state index in [9.17, 15) is 22.4 Å². The molecule has 0 saturated heterocycles. The molecular formula is C20H21F4N3O4. The van der Waals surface area contributed by atoms with Crippen molar-refractivity contribution in [2.45, 2.75) is 51.0 Å². The van der Waals surface area contributed by atoms with Gasteiger partial charge in [0.1, 0.15) is 12.4 Å².